The number of nitrogens with one attached hydrogen (secondary N) is 2. The lowest BCUT2D eigenvalue weighted by Crippen LogP contribution is -2.24. The van der Waals surface area contributed by atoms with Gasteiger partial charge in [-0.1, -0.05) is 12.1 Å². The van der Waals surface area contributed by atoms with Crippen LogP contribution in [0.15, 0.2) is 40.8 Å². The number of carbonyl (C=O) groups excluding carboxylic acids is 2. The zero-order valence-electron chi connectivity index (χ0n) is 14.7. The molecule has 8 heteroatoms. The van der Waals surface area contributed by atoms with Crippen molar-refractivity contribution in [1.29, 1.82) is 0 Å². The minimum Gasteiger partial charge on any atom is -0.465 e. The van der Waals surface area contributed by atoms with Crippen molar-refractivity contribution >= 4 is 40.8 Å². The van der Waals surface area contributed by atoms with Gasteiger partial charge in [-0.2, -0.15) is 0 Å². The van der Waals surface area contributed by atoms with Crippen molar-refractivity contribution in [1.82, 2.24) is 14.9 Å². The van der Waals surface area contributed by atoms with Crippen molar-refractivity contribution in [2.75, 3.05) is 5.32 Å². The number of aromatic nitrogens is 2. The predicted molar refractivity (Wildman–Crippen MR) is 103 cm³/mol. The molecule has 4 rings (SSSR count). The highest BCUT2D eigenvalue weighted by Crippen LogP contribution is 2.33. The van der Waals surface area contributed by atoms with Crippen LogP contribution in [0.25, 0.3) is 10.9 Å². The lowest BCUT2D eigenvalue weighted by atomic mass is 10.1. The van der Waals surface area contributed by atoms with Gasteiger partial charge in [0.2, 0.25) is 16.6 Å². The van der Waals surface area contributed by atoms with Gasteiger partial charge in [0.1, 0.15) is 23.4 Å². The Morgan fingerprint density at radius 1 is 1.33 bits per heavy atom. The SMILES string of the molecule is Cc1ccc(CNC(=O)CCC2C(=O)Nc3c4ccccc4nc(=S)n32)o1. The Morgan fingerprint density at radius 2 is 2.15 bits per heavy atom. The largest absolute Gasteiger partial charge is 0.465 e. The summed E-state index contributed by atoms with van der Waals surface area (Å²) in [4.78, 5) is 29.0. The number of para-hydroxylation sites is 1. The van der Waals surface area contributed by atoms with E-state index in [1.165, 1.54) is 0 Å². The molecule has 1 aromatic carbocycles. The number of benzene rings is 1. The summed E-state index contributed by atoms with van der Waals surface area (Å²) >= 11 is 5.38. The van der Waals surface area contributed by atoms with Crippen LogP contribution in [0.4, 0.5) is 5.82 Å². The van der Waals surface area contributed by atoms with Crippen molar-refractivity contribution in [3.63, 3.8) is 0 Å². The molecular formula is C19H18N4O3S. The Balaban J connectivity index is 1.48. The second kappa shape index (κ2) is 6.96. The van der Waals surface area contributed by atoms with E-state index in [1.54, 1.807) is 4.57 Å². The highest BCUT2D eigenvalue weighted by Gasteiger charge is 2.32. The molecule has 2 amide bonds. The van der Waals surface area contributed by atoms with Crippen LogP contribution in [-0.4, -0.2) is 21.4 Å². The molecule has 2 aromatic heterocycles. The number of nitrogens with zero attached hydrogens (tertiary/aromatic N) is 2. The molecule has 0 spiro atoms. The fourth-order valence-electron chi connectivity index (χ4n) is 3.27. The maximum atomic E-state index is 12.5. The van der Waals surface area contributed by atoms with Gasteiger partial charge in [-0.15, -0.1) is 0 Å². The second-order valence-corrected chi connectivity index (χ2v) is 6.83. The number of amides is 2. The Hall–Kier alpha value is -3.00. The Kier molecular flexibility index (Phi) is 4.49. The van der Waals surface area contributed by atoms with E-state index in [0.717, 1.165) is 16.7 Å². The maximum Gasteiger partial charge on any atom is 0.248 e. The Morgan fingerprint density at radius 3 is 2.93 bits per heavy atom. The first-order valence-corrected chi connectivity index (χ1v) is 9.08. The van der Waals surface area contributed by atoms with Gasteiger partial charge in [-0.3, -0.25) is 14.2 Å². The van der Waals surface area contributed by atoms with Gasteiger partial charge in [0.15, 0.2) is 0 Å². The van der Waals surface area contributed by atoms with Gasteiger partial charge in [0.05, 0.1) is 12.1 Å². The zero-order valence-corrected chi connectivity index (χ0v) is 15.5. The third kappa shape index (κ3) is 3.35. The molecule has 138 valence electrons. The average Bonchev–Trinajstić information content (AvgIpc) is 3.21. The van der Waals surface area contributed by atoms with E-state index in [2.05, 4.69) is 15.6 Å². The maximum absolute atomic E-state index is 12.5. The zero-order chi connectivity index (χ0) is 19.0. The fraction of sp³-hybridized carbons (Fsp3) is 0.263. The summed E-state index contributed by atoms with van der Waals surface area (Å²) in [5.41, 5.74) is 0.737. The molecule has 1 aliphatic heterocycles. The molecule has 0 saturated heterocycles. The van der Waals surface area contributed by atoms with Gasteiger partial charge in [-0.25, -0.2) is 4.98 Å². The average molecular weight is 382 g/mol. The Bertz CT molecular complexity index is 1100. The minimum atomic E-state index is -0.541. The normalized spacial score (nSPS) is 15.6. The lowest BCUT2D eigenvalue weighted by Gasteiger charge is -2.13. The Labute approximate surface area is 160 Å². The van der Waals surface area contributed by atoms with Gasteiger partial charge in [-0.05, 0) is 49.8 Å². The number of hydrogen-bond donors (Lipinski definition) is 2. The van der Waals surface area contributed by atoms with Gasteiger partial charge < -0.3 is 15.1 Å². The van der Waals surface area contributed by atoms with E-state index in [9.17, 15) is 9.59 Å². The molecule has 0 fully saturated rings. The number of carbonyl (C=O) groups is 2. The van der Waals surface area contributed by atoms with Gasteiger partial charge >= 0.3 is 0 Å². The number of anilines is 1. The van der Waals surface area contributed by atoms with Crippen LogP contribution in [0.5, 0.6) is 0 Å². The number of rotatable bonds is 5. The standard InChI is InChI=1S/C19H18N4O3S/c1-11-6-7-12(26-11)10-20-16(24)9-8-15-18(25)22-17-13-4-2-3-5-14(13)21-19(27)23(15)17/h2-7,15H,8-10H2,1H3,(H,20,24)(H,22,25). The van der Waals surface area contributed by atoms with Crippen LogP contribution >= 0.6 is 12.2 Å². The van der Waals surface area contributed by atoms with Crippen LogP contribution in [0.1, 0.15) is 30.4 Å². The molecule has 1 unspecified atom stereocenters. The summed E-state index contributed by atoms with van der Waals surface area (Å²) < 4.78 is 7.47. The summed E-state index contributed by atoms with van der Waals surface area (Å²) in [7, 11) is 0. The first-order chi connectivity index (χ1) is 13.0. The second-order valence-electron chi connectivity index (χ2n) is 6.46. The number of furan rings is 1. The van der Waals surface area contributed by atoms with Crippen LogP contribution in [0.3, 0.4) is 0 Å². The highest BCUT2D eigenvalue weighted by atomic mass is 32.1. The number of hydrogen-bond acceptors (Lipinski definition) is 5. The van der Waals surface area contributed by atoms with Gasteiger partial charge in [0.25, 0.3) is 0 Å². The van der Waals surface area contributed by atoms with E-state index in [-0.39, 0.29) is 18.2 Å². The lowest BCUT2D eigenvalue weighted by molar-refractivity contribution is -0.122. The molecule has 1 atom stereocenters. The molecule has 1 aliphatic rings. The number of aryl methyl sites for hydroxylation is 1. The summed E-state index contributed by atoms with van der Waals surface area (Å²) in [6.45, 7) is 2.18. The third-order valence-corrected chi connectivity index (χ3v) is 4.87. The molecule has 27 heavy (non-hydrogen) atoms. The molecule has 0 radical (unpaired) electrons. The van der Waals surface area contributed by atoms with E-state index < -0.39 is 6.04 Å². The fourth-order valence-corrected chi connectivity index (χ4v) is 3.59. The monoisotopic (exact) mass is 382 g/mol. The summed E-state index contributed by atoms with van der Waals surface area (Å²) in [5.74, 6) is 1.82. The van der Waals surface area contributed by atoms with Crippen molar-refractivity contribution in [2.24, 2.45) is 0 Å². The molecule has 3 aromatic rings. The van der Waals surface area contributed by atoms with Crippen molar-refractivity contribution < 1.29 is 14.0 Å². The van der Waals surface area contributed by atoms with E-state index in [4.69, 9.17) is 16.6 Å². The van der Waals surface area contributed by atoms with Crippen molar-refractivity contribution in [3.05, 3.63) is 52.7 Å². The highest BCUT2D eigenvalue weighted by molar-refractivity contribution is 7.71. The van der Waals surface area contributed by atoms with Crippen LogP contribution in [0.2, 0.25) is 0 Å². The molecule has 0 aliphatic carbocycles. The van der Waals surface area contributed by atoms with Crippen LogP contribution in [0, 0.1) is 11.7 Å². The molecule has 0 saturated carbocycles. The first kappa shape index (κ1) is 17.4. The summed E-state index contributed by atoms with van der Waals surface area (Å²) in [6.07, 6.45) is 0.544. The molecule has 7 nitrogen and oxygen atoms in total. The smallest absolute Gasteiger partial charge is 0.248 e. The van der Waals surface area contributed by atoms with Crippen LogP contribution in [-0.2, 0) is 16.1 Å². The minimum absolute atomic E-state index is 0.148. The quantitative estimate of drug-likeness (QED) is 0.661. The van der Waals surface area contributed by atoms with E-state index in [0.29, 0.717) is 29.3 Å². The predicted octanol–water partition coefficient (Wildman–Crippen LogP) is 3.26. The van der Waals surface area contributed by atoms with Crippen molar-refractivity contribution in [2.45, 2.75) is 32.4 Å². The molecule has 0 bridgehead atoms. The topological polar surface area (TPSA) is 89.2 Å². The molecule has 2 N–H and O–H groups in total. The number of fused-ring (bicyclic) bond motifs is 3. The van der Waals surface area contributed by atoms with Crippen LogP contribution < -0.4 is 10.6 Å². The third-order valence-electron chi connectivity index (χ3n) is 4.58. The summed E-state index contributed by atoms with van der Waals surface area (Å²) in [6, 6.07) is 10.6. The molecular weight excluding hydrogens is 364 g/mol. The van der Waals surface area contributed by atoms with Crippen molar-refractivity contribution in [3.8, 4) is 0 Å². The van der Waals surface area contributed by atoms with E-state index >= 15 is 0 Å². The molecule has 3 heterocycles. The summed E-state index contributed by atoms with van der Waals surface area (Å²) in [5, 5.41) is 6.52. The first-order valence-electron chi connectivity index (χ1n) is 8.67. The van der Waals surface area contributed by atoms with E-state index in [1.807, 2.05) is 43.3 Å². The van der Waals surface area contributed by atoms with Gasteiger partial charge in [0, 0.05) is 11.8 Å².